The summed E-state index contributed by atoms with van der Waals surface area (Å²) in [6.45, 7) is 0. The van der Waals surface area contributed by atoms with Crippen molar-refractivity contribution in [2.24, 2.45) is 5.73 Å². The van der Waals surface area contributed by atoms with Crippen LogP contribution in [0.5, 0.6) is 11.8 Å². The largest absolute Gasteiger partial charge is 0.481 e. The molecule has 1 aliphatic carbocycles. The van der Waals surface area contributed by atoms with Gasteiger partial charge in [0.15, 0.2) is 0 Å². The molecule has 3 N–H and O–H groups in total. The first-order chi connectivity index (χ1) is 9.13. The maximum Gasteiger partial charge on any atom is 0.256 e. The van der Waals surface area contributed by atoms with E-state index in [2.05, 4.69) is 10.3 Å². The van der Waals surface area contributed by atoms with E-state index in [0.717, 1.165) is 19.3 Å². The number of carbonyl (C=O) groups is 1. The lowest BCUT2D eigenvalue weighted by Gasteiger charge is -2.14. The van der Waals surface area contributed by atoms with Crippen molar-refractivity contribution in [3.63, 3.8) is 0 Å². The summed E-state index contributed by atoms with van der Waals surface area (Å²) < 4.78 is 10.1. The number of rotatable bonds is 4. The van der Waals surface area contributed by atoms with Gasteiger partial charge in [0.1, 0.15) is 5.56 Å². The molecule has 6 heteroatoms. The molecule has 1 aromatic rings. The molecule has 1 fully saturated rings. The Labute approximate surface area is 112 Å². The summed E-state index contributed by atoms with van der Waals surface area (Å²) >= 11 is 0. The molecule has 1 amide bonds. The summed E-state index contributed by atoms with van der Waals surface area (Å²) in [6, 6.07) is 3.60. The van der Waals surface area contributed by atoms with Crippen LogP contribution in [0.1, 0.15) is 29.6 Å². The second-order valence-corrected chi connectivity index (χ2v) is 4.65. The van der Waals surface area contributed by atoms with Gasteiger partial charge in [0.2, 0.25) is 11.8 Å². The highest BCUT2D eigenvalue weighted by atomic mass is 16.5. The molecule has 19 heavy (non-hydrogen) atoms. The fraction of sp³-hybridized carbons (Fsp3) is 0.538. The van der Waals surface area contributed by atoms with Crippen LogP contribution in [-0.4, -0.2) is 37.2 Å². The van der Waals surface area contributed by atoms with Crippen molar-refractivity contribution in [2.45, 2.75) is 31.3 Å². The van der Waals surface area contributed by atoms with Gasteiger partial charge in [-0.2, -0.15) is 4.98 Å². The van der Waals surface area contributed by atoms with Crippen molar-refractivity contribution in [1.29, 1.82) is 0 Å². The minimum atomic E-state index is -0.189. The first-order valence-electron chi connectivity index (χ1n) is 6.29. The van der Waals surface area contributed by atoms with Crippen molar-refractivity contribution in [2.75, 3.05) is 14.2 Å². The van der Waals surface area contributed by atoms with Crippen LogP contribution < -0.4 is 20.5 Å². The van der Waals surface area contributed by atoms with Crippen molar-refractivity contribution in [3.05, 3.63) is 17.7 Å². The molecule has 1 aliphatic rings. The first-order valence-corrected chi connectivity index (χ1v) is 6.29. The predicted octanol–water partition coefficient (Wildman–Crippen LogP) is 0.708. The third-order valence-corrected chi connectivity index (χ3v) is 3.29. The second-order valence-electron chi connectivity index (χ2n) is 4.65. The van der Waals surface area contributed by atoms with E-state index in [-0.39, 0.29) is 23.9 Å². The number of hydrogen-bond donors (Lipinski definition) is 2. The van der Waals surface area contributed by atoms with E-state index in [4.69, 9.17) is 15.2 Å². The second kappa shape index (κ2) is 5.88. The van der Waals surface area contributed by atoms with E-state index in [9.17, 15) is 4.79 Å². The van der Waals surface area contributed by atoms with E-state index in [1.54, 1.807) is 12.1 Å². The Balaban J connectivity index is 2.10. The summed E-state index contributed by atoms with van der Waals surface area (Å²) in [4.78, 5) is 16.3. The Morgan fingerprint density at radius 3 is 2.74 bits per heavy atom. The van der Waals surface area contributed by atoms with Crippen LogP contribution in [0.4, 0.5) is 0 Å². The van der Waals surface area contributed by atoms with Crippen molar-refractivity contribution < 1.29 is 14.3 Å². The minimum absolute atomic E-state index is 0.134. The van der Waals surface area contributed by atoms with Gasteiger partial charge in [-0.3, -0.25) is 4.79 Å². The lowest BCUT2D eigenvalue weighted by molar-refractivity contribution is 0.0933. The van der Waals surface area contributed by atoms with E-state index >= 15 is 0 Å². The zero-order chi connectivity index (χ0) is 13.8. The standard InChI is InChI=1S/C13H19N3O3/c1-18-11-6-5-10(13(16-11)19-2)12(17)15-9-4-3-8(14)7-9/h5-6,8-9H,3-4,7,14H2,1-2H3,(H,15,17)/t8-,9-/m1/s1. The molecule has 6 nitrogen and oxygen atoms in total. The number of pyridine rings is 1. The Kier molecular flexibility index (Phi) is 4.21. The van der Waals surface area contributed by atoms with Crippen LogP contribution in [0.3, 0.4) is 0 Å². The van der Waals surface area contributed by atoms with Crippen molar-refractivity contribution in [1.82, 2.24) is 10.3 Å². The van der Waals surface area contributed by atoms with Crippen LogP contribution in [0, 0.1) is 0 Å². The number of hydrogen-bond acceptors (Lipinski definition) is 5. The fourth-order valence-corrected chi connectivity index (χ4v) is 2.28. The van der Waals surface area contributed by atoms with Crippen molar-refractivity contribution in [3.8, 4) is 11.8 Å². The average Bonchev–Trinajstić information content (AvgIpc) is 2.83. The number of amides is 1. The molecular weight excluding hydrogens is 246 g/mol. The average molecular weight is 265 g/mol. The van der Waals surface area contributed by atoms with Crippen LogP contribution >= 0.6 is 0 Å². The molecule has 1 heterocycles. The molecule has 1 aromatic heterocycles. The molecule has 0 spiro atoms. The van der Waals surface area contributed by atoms with Gasteiger partial charge in [-0.05, 0) is 25.3 Å². The van der Waals surface area contributed by atoms with Gasteiger partial charge >= 0.3 is 0 Å². The summed E-state index contributed by atoms with van der Waals surface area (Å²) in [5, 5.41) is 2.96. The SMILES string of the molecule is COc1ccc(C(=O)N[C@@H]2CC[C@@H](N)C2)c(OC)n1. The molecule has 2 atom stereocenters. The molecule has 0 saturated heterocycles. The highest BCUT2D eigenvalue weighted by molar-refractivity contribution is 5.96. The van der Waals surface area contributed by atoms with Crippen LogP contribution in [0.2, 0.25) is 0 Å². The quantitative estimate of drug-likeness (QED) is 0.837. The maximum absolute atomic E-state index is 12.2. The Morgan fingerprint density at radius 1 is 1.37 bits per heavy atom. The maximum atomic E-state index is 12.2. The van der Waals surface area contributed by atoms with Gasteiger partial charge in [-0.15, -0.1) is 0 Å². The lowest BCUT2D eigenvalue weighted by atomic mass is 10.2. The zero-order valence-corrected chi connectivity index (χ0v) is 11.2. The normalized spacial score (nSPS) is 22.1. The van der Waals surface area contributed by atoms with E-state index in [1.165, 1.54) is 14.2 Å². The van der Waals surface area contributed by atoms with Crippen molar-refractivity contribution >= 4 is 5.91 Å². The fourth-order valence-electron chi connectivity index (χ4n) is 2.28. The summed E-state index contributed by atoms with van der Waals surface area (Å²) in [6.07, 6.45) is 2.68. The van der Waals surface area contributed by atoms with Crippen LogP contribution in [0.15, 0.2) is 12.1 Å². The zero-order valence-electron chi connectivity index (χ0n) is 11.2. The minimum Gasteiger partial charge on any atom is -0.481 e. The van der Waals surface area contributed by atoms with E-state index in [1.807, 2.05) is 0 Å². The molecule has 104 valence electrons. The monoisotopic (exact) mass is 265 g/mol. The molecule has 2 rings (SSSR count). The number of carbonyl (C=O) groups excluding carboxylic acids is 1. The number of ether oxygens (including phenoxy) is 2. The van der Waals surface area contributed by atoms with Gasteiger partial charge < -0.3 is 20.5 Å². The molecule has 0 bridgehead atoms. The predicted molar refractivity (Wildman–Crippen MR) is 70.4 cm³/mol. The molecule has 0 unspecified atom stereocenters. The van der Waals surface area contributed by atoms with Crippen LogP contribution in [-0.2, 0) is 0 Å². The highest BCUT2D eigenvalue weighted by Crippen LogP contribution is 2.22. The molecule has 0 aromatic carbocycles. The van der Waals surface area contributed by atoms with E-state index in [0.29, 0.717) is 11.4 Å². The molecule has 0 aliphatic heterocycles. The summed E-state index contributed by atoms with van der Waals surface area (Å²) in [5.41, 5.74) is 6.23. The Bertz CT molecular complexity index is 464. The smallest absolute Gasteiger partial charge is 0.256 e. The number of methoxy groups -OCH3 is 2. The number of nitrogens with zero attached hydrogens (tertiary/aromatic N) is 1. The molecule has 1 saturated carbocycles. The third-order valence-electron chi connectivity index (χ3n) is 3.29. The highest BCUT2D eigenvalue weighted by Gasteiger charge is 2.25. The first kappa shape index (κ1) is 13.6. The van der Waals surface area contributed by atoms with Gasteiger partial charge in [0.05, 0.1) is 14.2 Å². The van der Waals surface area contributed by atoms with Gasteiger partial charge in [-0.1, -0.05) is 0 Å². The van der Waals surface area contributed by atoms with E-state index < -0.39 is 0 Å². The van der Waals surface area contributed by atoms with Gasteiger partial charge in [-0.25, -0.2) is 0 Å². The number of nitrogens with one attached hydrogen (secondary N) is 1. The number of nitrogens with two attached hydrogens (primary N) is 1. The van der Waals surface area contributed by atoms with Crippen LogP contribution in [0.25, 0.3) is 0 Å². The summed E-state index contributed by atoms with van der Waals surface area (Å²) in [5.74, 6) is 0.488. The Hall–Kier alpha value is -1.82. The van der Waals surface area contributed by atoms with Gasteiger partial charge in [0.25, 0.3) is 5.91 Å². The number of aromatic nitrogens is 1. The molecular formula is C13H19N3O3. The lowest BCUT2D eigenvalue weighted by Crippen LogP contribution is -2.34. The topological polar surface area (TPSA) is 86.5 Å². The molecule has 0 radical (unpaired) electrons. The van der Waals surface area contributed by atoms with Gasteiger partial charge in [0, 0.05) is 18.2 Å². The third kappa shape index (κ3) is 3.14. The Morgan fingerprint density at radius 2 is 2.16 bits per heavy atom. The summed E-state index contributed by atoms with van der Waals surface area (Å²) in [7, 11) is 2.99.